The number of aliphatic hydroxyl groups excluding tert-OH is 1. The van der Waals surface area contributed by atoms with Crippen LogP contribution in [0.5, 0.6) is 0 Å². The fourth-order valence-corrected chi connectivity index (χ4v) is 3.38. The van der Waals surface area contributed by atoms with Gasteiger partial charge in [-0.1, -0.05) is 41.4 Å². The van der Waals surface area contributed by atoms with Crippen LogP contribution in [0.15, 0.2) is 42.5 Å². The van der Waals surface area contributed by atoms with Crippen LogP contribution in [0, 0.1) is 12.7 Å². The van der Waals surface area contributed by atoms with E-state index >= 15 is 0 Å². The second-order valence-electron chi connectivity index (χ2n) is 6.56. The van der Waals surface area contributed by atoms with Gasteiger partial charge in [0.1, 0.15) is 11.6 Å². The Morgan fingerprint density at radius 3 is 2.71 bits per heavy atom. The fraction of sp³-hybridized carbons (Fsp3) is 0.238. The molecule has 0 aliphatic heterocycles. The predicted octanol–water partition coefficient (Wildman–Crippen LogP) is 4.86. The monoisotopic (exact) mass is 420 g/mol. The molecule has 0 amide bonds. The number of Topliss-reactive ketones (excluding diaryl/α,β-unsaturated/α-hetero) is 1. The van der Waals surface area contributed by atoms with Crippen LogP contribution in [0.25, 0.3) is 5.69 Å². The lowest BCUT2D eigenvalue weighted by Crippen LogP contribution is -2.08. The van der Waals surface area contributed by atoms with Crippen molar-refractivity contribution in [1.82, 2.24) is 9.78 Å². The van der Waals surface area contributed by atoms with Crippen LogP contribution >= 0.6 is 23.2 Å². The standard InChI is InChI=1S/C21H19Cl2FN2O2/c1-13-9-16(26(25-13)20-4-2-3-18(22)21(20)23)7-8-17(28)10-14-5-6-15(12-27)19(24)11-14/h2-6,9,11,27H,7-8,10,12H2,1H3. The molecule has 28 heavy (non-hydrogen) atoms. The molecular weight excluding hydrogens is 402 g/mol. The Morgan fingerprint density at radius 1 is 1.21 bits per heavy atom. The van der Waals surface area contributed by atoms with Gasteiger partial charge >= 0.3 is 0 Å². The van der Waals surface area contributed by atoms with E-state index in [1.165, 1.54) is 12.1 Å². The van der Waals surface area contributed by atoms with Crippen molar-refractivity contribution in [1.29, 1.82) is 0 Å². The molecule has 3 aromatic rings. The summed E-state index contributed by atoms with van der Waals surface area (Å²) in [5.41, 5.74) is 3.11. The molecule has 0 radical (unpaired) electrons. The first-order chi connectivity index (χ1) is 13.4. The average molecular weight is 421 g/mol. The van der Waals surface area contributed by atoms with E-state index in [9.17, 15) is 9.18 Å². The third-order valence-corrected chi connectivity index (χ3v) is 5.22. The lowest BCUT2D eigenvalue weighted by Gasteiger charge is -2.10. The summed E-state index contributed by atoms with van der Waals surface area (Å²) in [7, 11) is 0. The van der Waals surface area contributed by atoms with Gasteiger partial charge in [0.15, 0.2) is 0 Å². The molecule has 0 fully saturated rings. The minimum Gasteiger partial charge on any atom is -0.392 e. The van der Waals surface area contributed by atoms with Gasteiger partial charge in [-0.05, 0) is 43.2 Å². The third kappa shape index (κ3) is 4.61. The first-order valence-electron chi connectivity index (χ1n) is 8.79. The third-order valence-electron chi connectivity index (χ3n) is 4.41. The molecule has 2 aromatic carbocycles. The van der Waals surface area contributed by atoms with Crippen LogP contribution in [-0.4, -0.2) is 20.7 Å². The van der Waals surface area contributed by atoms with E-state index in [-0.39, 0.29) is 30.8 Å². The molecule has 0 saturated carbocycles. The first-order valence-corrected chi connectivity index (χ1v) is 9.54. The lowest BCUT2D eigenvalue weighted by atomic mass is 10.0. The zero-order valence-corrected chi connectivity index (χ0v) is 16.8. The second-order valence-corrected chi connectivity index (χ2v) is 7.35. The number of aryl methyl sites for hydroxylation is 2. The fourth-order valence-electron chi connectivity index (χ4n) is 3.01. The van der Waals surface area contributed by atoms with Crippen molar-refractivity contribution in [2.75, 3.05) is 0 Å². The van der Waals surface area contributed by atoms with E-state index in [1.54, 1.807) is 22.9 Å². The molecule has 0 atom stereocenters. The van der Waals surface area contributed by atoms with E-state index in [1.807, 2.05) is 19.1 Å². The smallest absolute Gasteiger partial charge is 0.137 e. The van der Waals surface area contributed by atoms with Gasteiger partial charge in [-0.15, -0.1) is 0 Å². The zero-order chi connectivity index (χ0) is 20.3. The number of carbonyl (C=O) groups excluding carboxylic acids is 1. The summed E-state index contributed by atoms with van der Waals surface area (Å²) in [6.07, 6.45) is 0.889. The summed E-state index contributed by atoms with van der Waals surface area (Å²) in [4.78, 5) is 12.4. The molecule has 0 unspecified atom stereocenters. The van der Waals surface area contributed by atoms with Crippen molar-refractivity contribution in [2.45, 2.75) is 32.8 Å². The van der Waals surface area contributed by atoms with Gasteiger partial charge in [-0.25, -0.2) is 9.07 Å². The number of nitrogens with zero attached hydrogens (tertiary/aromatic N) is 2. The van der Waals surface area contributed by atoms with Gasteiger partial charge in [0.25, 0.3) is 0 Å². The van der Waals surface area contributed by atoms with Crippen molar-refractivity contribution in [3.05, 3.63) is 80.8 Å². The van der Waals surface area contributed by atoms with Crippen molar-refractivity contribution < 1.29 is 14.3 Å². The van der Waals surface area contributed by atoms with Crippen molar-refractivity contribution in [3.63, 3.8) is 0 Å². The molecule has 1 N–H and O–H groups in total. The molecule has 146 valence electrons. The summed E-state index contributed by atoms with van der Waals surface area (Å²) in [6.45, 7) is 1.50. The Labute approximate surface area is 172 Å². The normalized spacial score (nSPS) is 11.0. The quantitative estimate of drug-likeness (QED) is 0.593. The lowest BCUT2D eigenvalue weighted by molar-refractivity contribution is -0.118. The number of benzene rings is 2. The van der Waals surface area contributed by atoms with E-state index < -0.39 is 5.82 Å². The number of aliphatic hydroxyl groups is 1. The van der Waals surface area contributed by atoms with Crippen LogP contribution in [0.1, 0.15) is 28.9 Å². The highest BCUT2D eigenvalue weighted by molar-refractivity contribution is 6.43. The zero-order valence-electron chi connectivity index (χ0n) is 15.3. The Balaban J connectivity index is 1.72. The number of aromatic nitrogens is 2. The van der Waals surface area contributed by atoms with Crippen LogP contribution in [0.3, 0.4) is 0 Å². The number of hydrogen-bond acceptors (Lipinski definition) is 3. The minimum atomic E-state index is -0.503. The molecule has 7 heteroatoms. The molecule has 1 aromatic heterocycles. The summed E-state index contributed by atoms with van der Waals surface area (Å²) in [6, 6.07) is 11.7. The van der Waals surface area contributed by atoms with Crippen molar-refractivity contribution >= 4 is 29.0 Å². The van der Waals surface area contributed by atoms with Gasteiger partial charge in [0, 0.05) is 24.1 Å². The van der Waals surface area contributed by atoms with E-state index in [0.29, 0.717) is 27.7 Å². The summed E-state index contributed by atoms with van der Waals surface area (Å²) >= 11 is 12.4. The molecule has 0 spiro atoms. The maximum Gasteiger partial charge on any atom is 0.137 e. The Hall–Kier alpha value is -2.21. The number of hydrogen-bond donors (Lipinski definition) is 1. The highest BCUT2D eigenvalue weighted by Gasteiger charge is 2.14. The van der Waals surface area contributed by atoms with Crippen molar-refractivity contribution in [3.8, 4) is 5.69 Å². The Morgan fingerprint density at radius 2 is 2.00 bits per heavy atom. The Kier molecular flexibility index (Phi) is 6.50. The molecule has 0 aliphatic carbocycles. The van der Waals surface area contributed by atoms with Crippen molar-refractivity contribution in [2.24, 2.45) is 0 Å². The summed E-state index contributed by atoms with van der Waals surface area (Å²) in [5, 5.41) is 14.3. The van der Waals surface area contributed by atoms with Gasteiger partial charge in [-0.3, -0.25) is 4.79 Å². The van der Waals surface area contributed by atoms with Gasteiger partial charge in [0.05, 0.1) is 28.0 Å². The predicted molar refractivity (Wildman–Crippen MR) is 108 cm³/mol. The van der Waals surface area contributed by atoms with Gasteiger partial charge in [0.2, 0.25) is 0 Å². The number of halogens is 3. The van der Waals surface area contributed by atoms with Crippen LogP contribution < -0.4 is 0 Å². The van der Waals surface area contributed by atoms with Gasteiger partial charge < -0.3 is 5.11 Å². The molecule has 0 saturated heterocycles. The maximum atomic E-state index is 13.8. The largest absolute Gasteiger partial charge is 0.392 e. The second kappa shape index (κ2) is 8.86. The molecule has 0 bridgehead atoms. The maximum absolute atomic E-state index is 13.8. The summed E-state index contributed by atoms with van der Waals surface area (Å²) < 4.78 is 15.5. The number of ketones is 1. The summed E-state index contributed by atoms with van der Waals surface area (Å²) in [5.74, 6) is -0.518. The van der Waals surface area contributed by atoms with E-state index in [2.05, 4.69) is 5.10 Å². The van der Waals surface area contributed by atoms with Crippen LogP contribution in [0.4, 0.5) is 4.39 Å². The SMILES string of the molecule is Cc1cc(CCC(=O)Cc2ccc(CO)c(F)c2)n(-c2cccc(Cl)c2Cl)n1. The van der Waals surface area contributed by atoms with E-state index in [4.69, 9.17) is 28.3 Å². The van der Waals surface area contributed by atoms with Crippen LogP contribution in [-0.2, 0) is 24.2 Å². The molecule has 0 aliphatic rings. The van der Waals surface area contributed by atoms with Gasteiger partial charge in [-0.2, -0.15) is 5.10 Å². The Bertz CT molecular complexity index is 1020. The topological polar surface area (TPSA) is 55.1 Å². The molecular formula is C21H19Cl2FN2O2. The number of carbonyl (C=O) groups is 1. The first kappa shape index (κ1) is 20.5. The highest BCUT2D eigenvalue weighted by Crippen LogP contribution is 2.29. The minimum absolute atomic E-state index is 0.0151. The average Bonchev–Trinajstić information content (AvgIpc) is 3.03. The highest BCUT2D eigenvalue weighted by atomic mass is 35.5. The van der Waals surface area contributed by atoms with Crippen LogP contribution in [0.2, 0.25) is 10.0 Å². The molecule has 1 heterocycles. The van der Waals surface area contributed by atoms with E-state index in [0.717, 1.165) is 11.4 Å². The molecule has 4 nitrogen and oxygen atoms in total. The number of rotatable bonds is 7. The molecule has 3 rings (SSSR count).